The summed E-state index contributed by atoms with van der Waals surface area (Å²) in [4.78, 5) is 11.8. The normalized spacial score (nSPS) is 14.3. The van der Waals surface area contributed by atoms with Crippen LogP contribution in [0.4, 0.5) is 5.69 Å². The number of Topliss-reactive ketones (excluding diaryl/α,β-unsaturated/α-hetero) is 1. The van der Waals surface area contributed by atoms with Crippen molar-refractivity contribution in [2.24, 2.45) is 0 Å². The fourth-order valence-electron chi connectivity index (χ4n) is 3.22. The Balaban J connectivity index is 1.66. The van der Waals surface area contributed by atoms with Gasteiger partial charge in [0, 0.05) is 18.5 Å². The summed E-state index contributed by atoms with van der Waals surface area (Å²) >= 11 is 0. The van der Waals surface area contributed by atoms with Crippen LogP contribution in [0.3, 0.4) is 0 Å². The number of nitrogens with one attached hydrogen (secondary N) is 1. The van der Waals surface area contributed by atoms with Gasteiger partial charge in [0.15, 0.2) is 0 Å². The van der Waals surface area contributed by atoms with E-state index in [0.29, 0.717) is 24.9 Å². The Labute approximate surface area is 146 Å². The van der Waals surface area contributed by atoms with Gasteiger partial charge < -0.3 is 0 Å². The SMILES string of the molecule is O=C1CCc2cc(S(=O)(=O)Nc3ccc4ccccc4c3)ccc2C1. The third kappa shape index (κ3) is 3.15. The van der Waals surface area contributed by atoms with E-state index in [-0.39, 0.29) is 10.7 Å². The summed E-state index contributed by atoms with van der Waals surface area (Å²) in [5, 5.41) is 2.04. The lowest BCUT2D eigenvalue weighted by atomic mass is 9.91. The van der Waals surface area contributed by atoms with Crippen molar-refractivity contribution in [3.63, 3.8) is 0 Å². The van der Waals surface area contributed by atoms with Gasteiger partial charge in [0.05, 0.1) is 4.90 Å². The number of carbonyl (C=O) groups is 1. The predicted octanol–water partition coefficient (Wildman–Crippen LogP) is 3.70. The Morgan fingerprint density at radius 3 is 2.44 bits per heavy atom. The van der Waals surface area contributed by atoms with Crippen LogP contribution < -0.4 is 4.72 Å². The molecule has 1 aliphatic carbocycles. The number of sulfonamides is 1. The van der Waals surface area contributed by atoms with E-state index < -0.39 is 10.0 Å². The molecule has 126 valence electrons. The molecule has 0 saturated carbocycles. The van der Waals surface area contributed by atoms with E-state index in [0.717, 1.165) is 21.9 Å². The Morgan fingerprint density at radius 2 is 1.60 bits per heavy atom. The zero-order valence-electron chi connectivity index (χ0n) is 13.5. The molecule has 0 saturated heterocycles. The molecule has 0 atom stereocenters. The Hall–Kier alpha value is -2.66. The van der Waals surface area contributed by atoms with Gasteiger partial charge in [-0.2, -0.15) is 0 Å². The minimum atomic E-state index is -3.66. The van der Waals surface area contributed by atoms with Crippen LogP contribution in [0.25, 0.3) is 10.8 Å². The molecule has 0 aromatic heterocycles. The van der Waals surface area contributed by atoms with Gasteiger partial charge in [-0.1, -0.05) is 36.4 Å². The molecule has 0 aliphatic heterocycles. The van der Waals surface area contributed by atoms with Crippen LogP contribution in [0.5, 0.6) is 0 Å². The molecule has 1 aliphatic rings. The van der Waals surface area contributed by atoms with Crippen molar-refractivity contribution in [1.82, 2.24) is 0 Å². The van der Waals surface area contributed by atoms with Gasteiger partial charge >= 0.3 is 0 Å². The van der Waals surface area contributed by atoms with Crippen LogP contribution in [-0.4, -0.2) is 14.2 Å². The second-order valence-electron chi connectivity index (χ2n) is 6.31. The second-order valence-corrected chi connectivity index (χ2v) is 8.00. The third-order valence-corrected chi connectivity index (χ3v) is 5.93. The molecule has 0 spiro atoms. The highest BCUT2D eigenvalue weighted by Gasteiger charge is 2.20. The van der Waals surface area contributed by atoms with E-state index in [1.807, 2.05) is 36.4 Å². The fourth-order valence-corrected chi connectivity index (χ4v) is 4.32. The highest BCUT2D eigenvalue weighted by atomic mass is 32.2. The summed E-state index contributed by atoms with van der Waals surface area (Å²) in [5.74, 6) is 0.206. The minimum absolute atomic E-state index is 0.206. The number of hydrogen-bond donors (Lipinski definition) is 1. The minimum Gasteiger partial charge on any atom is -0.299 e. The van der Waals surface area contributed by atoms with Crippen LogP contribution in [-0.2, 0) is 27.7 Å². The average molecular weight is 351 g/mol. The van der Waals surface area contributed by atoms with Crippen LogP contribution in [0.2, 0.25) is 0 Å². The second kappa shape index (κ2) is 6.01. The van der Waals surface area contributed by atoms with E-state index in [1.165, 1.54) is 0 Å². The van der Waals surface area contributed by atoms with Gasteiger partial charge in [-0.25, -0.2) is 8.42 Å². The van der Waals surface area contributed by atoms with Crippen LogP contribution in [0, 0.1) is 0 Å². The number of hydrogen-bond acceptors (Lipinski definition) is 3. The highest BCUT2D eigenvalue weighted by Crippen LogP contribution is 2.25. The number of anilines is 1. The first kappa shape index (κ1) is 15.8. The first-order valence-electron chi connectivity index (χ1n) is 8.16. The molecule has 25 heavy (non-hydrogen) atoms. The highest BCUT2D eigenvalue weighted by molar-refractivity contribution is 7.92. The lowest BCUT2D eigenvalue weighted by molar-refractivity contribution is -0.118. The topological polar surface area (TPSA) is 63.2 Å². The lowest BCUT2D eigenvalue weighted by Crippen LogP contribution is -2.16. The smallest absolute Gasteiger partial charge is 0.261 e. The van der Waals surface area contributed by atoms with Crippen molar-refractivity contribution in [1.29, 1.82) is 0 Å². The predicted molar refractivity (Wildman–Crippen MR) is 98.2 cm³/mol. The first-order valence-corrected chi connectivity index (χ1v) is 9.65. The Kier molecular flexibility index (Phi) is 3.81. The molecule has 0 amide bonds. The quantitative estimate of drug-likeness (QED) is 0.782. The zero-order chi connectivity index (χ0) is 17.4. The van der Waals surface area contributed by atoms with Crippen LogP contribution in [0.15, 0.2) is 65.6 Å². The Morgan fingerprint density at radius 1 is 0.800 bits per heavy atom. The standard InChI is InChI=1S/C20H17NO3S/c22-19-9-6-17-13-20(10-7-16(17)12-19)25(23,24)21-18-8-5-14-3-1-2-4-15(14)11-18/h1-5,7-8,10-11,13,21H,6,9,12H2. The van der Waals surface area contributed by atoms with Crippen molar-refractivity contribution >= 4 is 32.3 Å². The van der Waals surface area contributed by atoms with E-state index in [2.05, 4.69) is 4.72 Å². The number of aryl methyl sites for hydroxylation is 1. The molecule has 0 bridgehead atoms. The Bertz CT molecular complexity index is 1090. The molecule has 5 heteroatoms. The zero-order valence-corrected chi connectivity index (χ0v) is 14.3. The van der Waals surface area contributed by atoms with Crippen molar-refractivity contribution in [3.05, 3.63) is 71.8 Å². The van der Waals surface area contributed by atoms with Gasteiger partial charge in [0.2, 0.25) is 0 Å². The maximum atomic E-state index is 12.7. The van der Waals surface area contributed by atoms with Crippen molar-refractivity contribution in [2.45, 2.75) is 24.2 Å². The van der Waals surface area contributed by atoms with Crippen LogP contribution in [0.1, 0.15) is 17.5 Å². The molecule has 0 unspecified atom stereocenters. The summed E-state index contributed by atoms with van der Waals surface area (Å²) in [7, 11) is -3.66. The van der Waals surface area contributed by atoms with E-state index in [4.69, 9.17) is 0 Å². The molecular formula is C20H17NO3S. The van der Waals surface area contributed by atoms with Crippen LogP contribution >= 0.6 is 0 Å². The first-order chi connectivity index (χ1) is 12.0. The van der Waals surface area contributed by atoms with E-state index in [9.17, 15) is 13.2 Å². The number of benzene rings is 3. The monoisotopic (exact) mass is 351 g/mol. The van der Waals surface area contributed by atoms with E-state index >= 15 is 0 Å². The largest absolute Gasteiger partial charge is 0.299 e. The summed E-state index contributed by atoms with van der Waals surface area (Å²) < 4.78 is 28.1. The molecule has 0 fully saturated rings. The third-order valence-electron chi connectivity index (χ3n) is 4.55. The molecule has 0 heterocycles. The van der Waals surface area contributed by atoms with Gasteiger partial charge in [0.25, 0.3) is 10.0 Å². The number of carbonyl (C=O) groups excluding carboxylic acids is 1. The lowest BCUT2D eigenvalue weighted by Gasteiger charge is -2.16. The molecule has 0 radical (unpaired) electrons. The molecule has 1 N–H and O–H groups in total. The molecule has 3 aromatic carbocycles. The average Bonchev–Trinajstić information content (AvgIpc) is 2.60. The van der Waals surface area contributed by atoms with Gasteiger partial charge in [-0.05, 0) is 52.6 Å². The summed E-state index contributed by atoms with van der Waals surface area (Å²) in [6.07, 6.45) is 1.48. The number of fused-ring (bicyclic) bond motifs is 2. The molecular weight excluding hydrogens is 334 g/mol. The van der Waals surface area contributed by atoms with Crippen molar-refractivity contribution < 1.29 is 13.2 Å². The van der Waals surface area contributed by atoms with Crippen molar-refractivity contribution in [3.8, 4) is 0 Å². The molecule has 4 nitrogen and oxygen atoms in total. The van der Waals surface area contributed by atoms with Gasteiger partial charge in [-0.15, -0.1) is 0 Å². The number of rotatable bonds is 3. The molecule has 4 rings (SSSR count). The fraction of sp³-hybridized carbons (Fsp3) is 0.150. The maximum Gasteiger partial charge on any atom is 0.261 e. The van der Waals surface area contributed by atoms with Gasteiger partial charge in [0.1, 0.15) is 5.78 Å². The summed E-state index contributed by atoms with van der Waals surface area (Å²) in [5.41, 5.74) is 2.41. The summed E-state index contributed by atoms with van der Waals surface area (Å²) in [6.45, 7) is 0. The van der Waals surface area contributed by atoms with Crippen molar-refractivity contribution in [2.75, 3.05) is 4.72 Å². The maximum absolute atomic E-state index is 12.7. The van der Waals surface area contributed by atoms with E-state index in [1.54, 1.807) is 24.3 Å². The molecule has 3 aromatic rings. The number of ketones is 1. The summed E-state index contributed by atoms with van der Waals surface area (Å²) in [6, 6.07) is 18.3. The van der Waals surface area contributed by atoms with Gasteiger partial charge in [-0.3, -0.25) is 9.52 Å².